The van der Waals surface area contributed by atoms with Crippen molar-refractivity contribution in [3.8, 4) is 28.6 Å². The maximum atomic E-state index is 6.14. The Morgan fingerprint density at radius 3 is 2.47 bits per heavy atom. The van der Waals surface area contributed by atoms with Gasteiger partial charge in [0.2, 0.25) is 0 Å². The predicted octanol–water partition coefficient (Wildman–Crippen LogP) is 7.97. The van der Waals surface area contributed by atoms with Crippen LogP contribution in [0.5, 0.6) is 17.2 Å². The molecule has 0 saturated heterocycles. The molecular formula is C30H28ClN3O2. The topological polar surface area (TPSA) is 49.2 Å². The first kappa shape index (κ1) is 23.9. The van der Waals surface area contributed by atoms with Gasteiger partial charge in [0.05, 0.1) is 18.3 Å². The van der Waals surface area contributed by atoms with Crippen LogP contribution in [-0.4, -0.2) is 21.1 Å². The minimum atomic E-state index is 0.602. The molecule has 5 aromatic rings. The van der Waals surface area contributed by atoms with E-state index in [0.717, 1.165) is 64.8 Å². The number of benzene rings is 3. The first-order chi connectivity index (χ1) is 17.7. The number of rotatable bonds is 10. The van der Waals surface area contributed by atoms with Crippen LogP contribution < -0.4 is 9.47 Å². The number of unbranched alkanes of at least 4 members (excludes halogenated alkanes) is 1. The molecule has 0 aliphatic rings. The number of para-hydroxylation sites is 1. The normalized spacial score (nSPS) is 11.1. The standard InChI is InChI=1S/C30H28ClN3O2/c1-2-3-19-34-27-7-4-8-28(36-26-6-5-18-32-21-26)29(27)33-30(34)23-11-15-25(16-12-23)35-20-17-22-9-13-24(31)14-10-22/h4-16,18,21H,2-3,17,19-20H2,1H3. The summed E-state index contributed by atoms with van der Waals surface area (Å²) in [4.78, 5) is 9.19. The van der Waals surface area contributed by atoms with Gasteiger partial charge in [-0.3, -0.25) is 4.98 Å². The summed E-state index contributed by atoms with van der Waals surface area (Å²) in [7, 11) is 0. The van der Waals surface area contributed by atoms with Crippen molar-refractivity contribution in [3.63, 3.8) is 0 Å². The van der Waals surface area contributed by atoms with Crippen LogP contribution in [0.2, 0.25) is 5.02 Å². The molecule has 2 heterocycles. The van der Waals surface area contributed by atoms with Crippen molar-refractivity contribution < 1.29 is 9.47 Å². The van der Waals surface area contributed by atoms with Gasteiger partial charge in [-0.1, -0.05) is 43.1 Å². The average molecular weight is 498 g/mol. The number of imidazole rings is 1. The van der Waals surface area contributed by atoms with Crippen LogP contribution in [0.4, 0.5) is 0 Å². The number of aromatic nitrogens is 3. The van der Waals surface area contributed by atoms with Gasteiger partial charge in [-0.25, -0.2) is 4.98 Å². The maximum absolute atomic E-state index is 6.14. The smallest absolute Gasteiger partial charge is 0.155 e. The largest absolute Gasteiger partial charge is 0.493 e. The van der Waals surface area contributed by atoms with E-state index in [0.29, 0.717) is 12.4 Å². The summed E-state index contributed by atoms with van der Waals surface area (Å²) >= 11 is 5.97. The van der Waals surface area contributed by atoms with Crippen LogP contribution in [-0.2, 0) is 13.0 Å². The number of fused-ring (bicyclic) bond motifs is 1. The van der Waals surface area contributed by atoms with Gasteiger partial charge in [0.25, 0.3) is 0 Å². The van der Waals surface area contributed by atoms with E-state index >= 15 is 0 Å². The number of hydrogen-bond acceptors (Lipinski definition) is 4. The Morgan fingerprint density at radius 1 is 0.889 bits per heavy atom. The summed E-state index contributed by atoms with van der Waals surface area (Å²) in [6.45, 7) is 3.69. The Hall–Kier alpha value is -3.83. The highest BCUT2D eigenvalue weighted by Gasteiger charge is 2.16. The highest BCUT2D eigenvalue weighted by molar-refractivity contribution is 6.30. The third kappa shape index (κ3) is 5.52. The van der Waals surface area contributed by atoms with Crippen molar-refractivity contribution in [2.75, 3.05) is 6.61 Å². The second-order valence-electron chi connectivity index (χ2n) is 8.60. The lowest BCUT2D eigenvalue weighted by molar-refractivity contribution is 0.322. The van der Waals surface area contributed by atoms with Crippen molar-refractivity contribution in [3.05, 3.63) is 102 Å². The highest BCUT2D eigenvalue weighted by Crippen LogP contribution is 2.33. The molecule has 0 aliphatic heterocycles. The third-order valence-corrected chi connectivity index (χ3v) is 6.28. The minimum Gasteiger partial charge on any atom is -0.493 e. The first-order valence-electron chi connectivity index (χ1n) is 12.3. The molecule has 6 heteroatoms. The summed E-state index contributed by atoms with van der Waals surface area (Å²) in [5.74, 6) is 3.17. The van der Waals surface area contributed by atoms with Gasteiger partial charge in [-0.15, -0.1) is 0 Å². The second-order valence-corrected chi connectivity index (χ2v) is 9.04. The molecule has 3 aromatic carbocycles. The van der Waals surface area contributed by atoms with Crippen molar-refractivity contribution in [2.45, 2.75) is 32.7 Å². The van der Waals surface area contributed by atoms with Crippen LogP contribution in [0.15, 0.2) is 91.3 Å². The lowest BCUT2D eigenvalue weighted by atomic mass is 10.1. The summed E-state index contributed by atoms with van der Waals surface area (Å²) in [6, 6.07) is 25.9. The van der Waals surface area contributed by atoms with E-state index in [4.69, 9.17) is 26.1 Å². The molecule has 0 saturated carbocycles. The van der Waals surface area contributed by atoms with E-state index in [2.05, 4.69) is 34.7 Å². The third-order valence-electron chi connectivity index (χ3n) is 6.02. The zero-order chi connectivity index (χ0) is 24.7. The van der Waals surface area contributed by atoms with E-state index in [1.165, 1.54) is 5.56 Å². The van der Waals surface area contributed by atoms with E-state index < -0.39 is 0 Å². The van der Waals surface area contributed by atoms with Gasteiger partial charge in [0.15, 0.2) is 5.75 Å². The van der Waals surface area contributed by atoms with Gasteiger partial charge >= 0.3 is 0 Å². The lowest BCUT2D eigenvalue weighted by Gasteiger charge is -2.10. The number of hydrogen-bond donors (Lipinski definition) is 0. The molecular weight excluding hydrogens is 470 g/mol. The SMILES string of the molecule is CCCCn1c(-c2ccc(OCCc3ccc(Cl)cc3)cc2)nc2c(Oc3cccnc3)cccc21. The van der Waals surface area contributed by atoms with Gasteiger partial charge < -0.3 is 14.0 Å². The fraction of sp³-hybridized carbons (Fsp3) is 0.200. The molecule has 36 heavy (non-hydrogen) atoms. The van der Waals surface area contributed by atoms with Crippen LogP contribution in [0.1, 0.15) is 25.3 Å². The lowest BCUT2D eigenvalue weighted by Crippen LogP contribution is -2.02. The minimum absolute atomic E-state index is 0.602. The Balaban J connectivity index is 1.38. The molecule has 0 aliphatic carbocycles. The number of halogens is 1. The Labute approximate surface area is 216 Å². The van der Waals surface area contributed by atoms with E-state index in [9.17, 15) is 0 Å². The van der Waals surface area contributed by atoms with Gasteiger partial charge in [0, 0.05) is 29.7 Å². The molecule has 0 atom stereocenters. The molecule has 5 rings (SSSR count). The molecule has 0 fully saturated rings. The average Bonchev–Trinajstić information content (AvgIpc) is 3.29. The molecule has 0 N–H and O–H groups in total. The highest BCUT2D eigenvalue weighted by atomic mass is 35.5. The van der Waals surface area contributed by atoms with E-state index in [-0.39, 0.29) is 0 Å². The van der Waals surface area contributed by atoms with Crippen molar-refractivity contribution in [2.24, 2.45) is 0 Å². The summed E-state index contributed by atoms with van der Waals surface area (Å²) in [5.41, 5.74) is 4.14. The molecule has 0 radical (unpaired) electrons. The van der Waals surface area contributed by atoms with Crippen molar-refractivity contribution >= 4 is 22.6 Å². The molecule has 5 nitrogen and oxygen atoms in total. The summed E-state index contributed by atoms with van der Waals surface area (Å²) in [6.07, 6.45) is 6.43. The fourth-order valence-corrected chi connectivity index (χ4v) is 4.27. The molecule has 0 unspecified atom stereocenters. The summed E-state index contributed by atoms with van der Waals surface area (Å²) in [5, 5.41) is 0.746. The van der Waals surface area contributed by atoms with Crippen LogP contribution >= 0.6 is 11.6 Å². The van der Waals surface area contributed by atoms with Crippen LogP contribution in [0.25, 0.3) is 22.4 Å². The number of nitrogens with zero attached hydrogens (tertiary/aromatic N) is 3. The molecule has 0 spiro atoms. The maximum Gasteiger partial charge on any atom is 0.155 e. The van der Waals surface area contributed by atoms with E-state index in [1.807, 2.05) is 60.7 Å². The van der Waals surface area contributed by atoms with Gasteiger partial charge in [-0.2, -0.15) is 0 Å². The predicted molar refractivity (Wildman–Crippen MR) is 145 cm³/mol. The molecule has 0 bridgehead atoms. The number of pyridine rings is 1. The summed E-state index contributed by atoms with van der Waals surface area (Å²) < 4.78 is 14.4. The quantitative estimate of drug-likeness (QED) is 0.196. The van der Waals surface area contributed by atoms with Gasteiger partial charge in [0.1, 0.15) is 22.8 Å². The van der Waals surface area contributed by atoms with Crippen molar-refractivity contribution in [1.82, 2.24) is 14.5 Å². The monoisotopic (exact) mass is 497 g/mol. The fourth-order valence-electron chi connectivity index (χ4n) is 4.14. The Morgan fingerprint density at radius 2 is 1.72 bits per heavy atom. The van der Waals surface area contributed by atoms with Crippen LogP contribution in [0, 0.1) is 0 Å². The van der Waals surface area contributed by atoms with Crippen LogP contribution in [0.3, 0.4) is 0 Å². The second kappa shape index (κ2) is 11.3. The molecule has 182 valence electrons. The zero-order valence-corrected chi connectivity index (χ0v) is 21.0. The zero-order valence-electron chi connectivity index (χ0n) is 20.2. The van der Waals surface area contributed by atoms with E-state index in [1.54, 1.807) is 12.4 Å². The van der Waals surface area contributed by atoms with Crippen molar-refractivity contribution in [1.29, 1.82) is 0 Å². The Kier molecular flexibility index (Phi) is 7.48. The first-order valence-corrected chi connectivity index (χ1v) is 12.6. The number of ether oxygens (including phenoxy) is 2. The Bertz CT molecular complexity index is 1420. The molecule has 0 amide bonds. The molecule has 2 aromatic heterocycles. The number of aryl methyl sites for hydroxylation is 1. The van der Waals surface area contributed by atoms with Gasteiger partial charge in [-0.05, 0) is 72.6 Å².